The molecule has 0 saturated heterocycles. The van der Waals surface area contributed by atoms with Crippen molar-refractivity contribution in [3.8, 4) is 10.6 Å². The molecule has 1 heterocycles. The van der Waals surface area contributed by atoms with Crippen LogP contribution in [0.3, 0.4) is 0 Å². The largest absolute Gasteiger partial charge is 0.244 e. The van der Waals surface area contributed by atoms with Gasteiger partial charge in [0.15, 0.2) is 0 Å². The molecule has 0 aliphatic carbocycles. The zero-order chi connectivity index (χ0) is 11.3. The first kappa shape index (κ1) is 12.2. The van der Waals surface area contributed by atoms with E-state index in [2.05, 4.69) is 11.9 Å². The van der Waals surface area contributed by atoms with Crippen molar-refractivity contribution < 1.29 is 0 Å². The number of rotatable bonds is 1. The highest BCUT2D eigenvalue weighted by atomic mass is 35.5. The number of nitrogens with zero attached hydrogens (tertiary/aromatic N) is 1. The zero-order valence-corrected chi connectivity index (χ0v) is 10.7. The van der Waals surface area contributed by atoms with Crippen molar-refractivity contribution in [1.82, 2.24) is 4.98 Å². The highest BCUT2D eigenvalue weighted by Crippen LogP contribution is 2.25. The van der Waals surface area contributed by atoms with E-state index in [1.54, 1.807) is 11.3 Å². The van der Waals surface area contributed by atoms with Crippen LogP contribution < -0.4 is 0 Å². The topological polar surface area (TPSA) is 12.9 Å². The molecule has 0 aliphatic heterocycles. The van der Waals surface area contributed by atoms with Crippen LogP contribution in [-0.2, 0) is 0 Å². The second-order valence-electron chi connectivity index (χ2n) is 2.78. The predicted octanol–water partition coefficient (Wildman–Crippen LogP) is 4.80. The molecule has 1 aromatic heterocycles. The standard InChI is InChI=1S/C10H8ClNS.C2H6/c1-7-6-12-10(13-7)8-2-4-9(11)5-3-8;1-2/h2-6H,1H3;1-2H3. The van der Waals surface area contributed by atoms with Crippen molar-refractivity contribution in [1.29, 1.82) is 0 Å². The van der Waals surface area contributed by atoms with Crippen molar-refractivity contribution in [2.75, 3.05) is 0 Å². The lowest BCUT2D eigenvalue weighted by Gasteiger charge is -1.94. The first-order chi connectivity index (χ1) is 7.25. The maximum atomic E-state index is 5.79. The Kier molecular flexibility index (Phi) is 4.79. The number of hydrogen-bond donors (Lipinski definition) is 0. The van der Waals surface area contributed by atoms with Gasteiger partial charge in [-0.3, -0.25) is 0 Å². The lowest BCUT2D eigenvalue weighted by molar-refractivity contribution is 1.38. The molecule has 2 aromatic rings. The van der Waals surface area contributed by atoms with Gasteiger partial charge in [-0.15, -0.1) is 11.3 Å². The van der Waals surface area contributed by atoms with Gasteiger partial charge in [-0.25, -0.2) is 4.98 Å². The Bertz CT molecular complexity index is 406. The van der Waals surface area contributed by atoms with Crippen molar-refractivity contribution in [3.05, 3.63) is 40.4 Å². The lowest BCUT2D eigenvalue weighted by Crippen LogP contribution is -1.73. The van der Waals surface area contributed by atoms with Gasteiger partial charge < -0.3 is 0 Å². The van der Waals surface area contributed by atoms with Gasteiger partial charge in [0.25, 0.3) is 0 Å². The first-order valence-corrected chi connectivity index (χ1v) is 6.13. The Labute approximate surface area is 99.8 Å². The van der Waals surface area contributed by atoms with Crippen LogP contribution in [-0.4, -0.2) is 4.98 Å². The summed E-state index contributed by atoms with van der Waals surface area (Å²) in [5.41, 5.74) is 1.13. The van der Waals surface area contributed by atoms with Crippen LogP contribution >= 0.6 is 22.9 Å². The van der Waals surface area contributed by atoms with Crippen LogP contribution in [0.5, 0.6) is 0 Å². The van der Waals surface area contributed by atoms with E-state index in [1.807, 2.05) is 44.3 Å². The maximum absolute atomic E-state index is 5.79. The minimum Gasteiger partial charge on any atom is -0.244 e. The fourth-order valence-electron chi connectivity index (χ4n) is 1.08. The van der Waals surface area contributed by atoms with Gasteiger partial charge in [-0.05, 0) is 19.1 Å². The summed E-state index contributed by atoms with van der Waals surface area (Å²) in [6, 6.07) is 7.74. The molecule has 15 heavy (non-hydrogen) atoms. The predicted molar refractivity (Wildman–Crippen MR) is 68.6 cm³/mol. The lowest BCUT2D eigenvalue weighted by atomic mass is 10.2. The van der Waals surface area contributed by atoms with E-state index in [-0.39, 0.29) is 0 Å². The highest BCUT2D eigenvalue weighted by Gasteiger charge is 2.01. The third-order valence-corrected chi connectivity index (χ3v) is 2.93. The second-order valence-corrected chi connectivity index (χ2v) is 4.45. The zero-order valence-electron chi connectivity index (χ0n) is 9.12. The van der Waals surface area contributed by atoms with Gasteiger partial charge in [0.05, 0.1) is 0 Å². The molecule has 0 atom stereocenters. The van der Waals surface area contributed by atoms with E-state index in [1.165, 1.54) is 4.88 Å². The Morgan fingerprint density at radius 1 is 1.13 bits per heavy atom. The van der Waals surface area contributed by atoms with Gasteiger partial charge in [0.1, 0.15) is 5.01 Å². The van der Waals surface area contributed by atoms with Crippen LogP contribution in [0.4, 0.5) is 0 Å². The molecule has 0 fully saturated rings. The smallest absolute Gasteiger partial charge is 0.123 e. The van der Waals surface area contributed by atoms with E-state index in [9.17, 15) is 0 Å². The maximum Gasteiger partial charge on any atom is 0.123 e. The first-order valence-electron chi connectivity index (χ1n) is 4.94. The Morgan fingerprint density at radius 2 is 1.73 bits per heavy atom. The minimum atomic E-state index is 0.761. The average molecular weight is 240 g/mol. The third-order valence-electron chi connectivity index (χ3n) is 1.71. The Hall–Kier alpha value is -0.860. The van der Waals surface area contributed by atoms with E-state index >= 15 is 0 Å². The number of thiazole rings is 1. The van der Waals surface area contributed by atoms with Crippen LogP contribution in [0.25, 0.3) is 10.6 Å². The molecule has 0 amide bonds. The van der Waals surface area contributed by atoms with Crippen molar-refractivity contribution >= 4 is 22.9 Å². The molecule has 1 nitrogen and oxygen atoms in total. The fourth-order valence-corrected chi connectivity index (χ4v) is 1.98. The number of halogens is 1. The SMILES string of the molecule is CC.Cc1cnc(-c2ccc(Cl)cc2)s1. The van der Waals surface area contributed by atoms with Crippen molar-refractivity contribution in [2.24, 2.45) is 0 Å². The van der Waals surface area contributed by atoms with Crippen molar-refractivity contribution in [2.45, 2.75) is 20.8 Å². The quantitative estimate of drug-likeness (QED) is 0.697. The molecule has 0 spiro atoms. The normalized spacial score (nSPS) is 9.33. The third kappa shape index (κ3) is 3.33. The summed E-state index contributed by atoms with van der Waals surface area (Å²) in [6.07, 6.45) is 1.88. The molecule has 3 heteroatoms. The molecule has 0 aliphatic rings. The molecule has 0 N–H and O–H groups in total. The van der Waals surface area contributed by atoms with Crippen molar-refractivity contribution in [3.63, 3.8) is 0 Å². The summed E-state index contributed by atoms with van der Waals surface area (Å²) < 4.78 is 0. The molecule has 2 rings (SSSR count). The van der Waals surface area contributed by atoms with Gasteiger partial charge >= 0.3 is 0 Å². The summed E-state index contributed by atoms with van der Waals surface area (Å²) in [4.78, 5) is 5.52. The summed E-state index contributed by atoms with van der Waals surface area (Å²) in [5, 5.41) is 1.81. The number of hydrogen-bond acceptors (Lipinski definition) is 2. The van der Waals surface area contributed by atoms with E-state index < -0.39 is 0 Å². The summed E-state index contributed by atoms with van der Waals surface area (Å²) in [6.45, 7) is 6.05. The van der Waals surface area contributed by atoms with E-state index in [0.29, 0.717) is 0 Å². The van der Waals surface area contributed by atoms with Gasteiger partial charge in [0, 0.05) is 21.7 Å². The molecule has 0 radical (unpaired) electrons. The van der Waals surface area contributed by atoms with Crippen LogP contribution in [0.15, 0.2) is 30.5 Å². The van der Waals surface area contributed by atoms with Crippen LogP contribution in [0.1, 0.15) is 18.7 Å². The summed E-state index contributed by atoms with van der Waals surface area (Å²) in [7, 11) is 0. The Morgan fingerprint density at radius 3 is 2.20 bits per heavy atom. The number of aromatic nitrogens is 1. The minimum absolute atomic E-state index is 0.761. The van der Waals surface area contributed by atoms with Crippen LogP contribution in [0.2, 0.25) is 5.02 Å². The number of aryl methyl sites for hydroxylation is 1. The van der Waals surface area contributed by atoms with E-state index in [0.717, 1.165) is 15.6 Å². The van der Waals surface area contributed by atoms with Gasteiger partial charge in [0.2, 0.25) is 0 Å². The monoisotopic (exact) mass is 239 g/mol. The molecule has 0 saturated carbocycles. The molecule has 0 unspecified atom stereocenters. The van der Waals surface area contributed by atoms with E-state index in [4.69, 9.17) is 11.6 Å². The molecule has 1 aromatic carbocycles. The Balaban J connectivity index is 0.000000531. The average Bonchev–Trinajstić information content (AvgIpc) is 2.69. The molecule has 80 valence electrons. The molecule has 0 bridgehead atoms. The fraction of sp³-hybridized carbons (Fsp3) is 0.250. The van der Waals surface area contributed by atoms with Crippen LogP contribution in [0, 0.1) is 6.92 Å². The summed E-state index contributed by atoms with van der Waals surface area (Å²) >= 11 is 7.48. The highest BCUT2D eigenvalue weighted by molar-refractivity contribution is 7.14. The van der Waals surface area contributed by atoms with Gasteiger partial charge in [-0.1, -0.05) is 37.6 Å². The van der Waals surface area contributed by atoms with Gasteiger partial charge in [-0.2, -0.15) is 0 Å². The molecular formula is C12H14ClNS. The number of benzene rings is 1. The molecular weight excluding hydrogens is 226 g/mol. The second kappa shape index (κ2) is 5.89. The summed E-state index contributed by atoms with van der Waals surface area (Å²) in [5.74, 6) is 0.